The number of ether oxygens (including phenoxy) is 1. The third-order valence-electron chi connectivity index (χ3n) is 3.72. The molecule has 0 atom stereocenters. The summed E-state index contributed by atoms with van der Waals surface area (Å²) in [5.41, 5.74) is 2.28. The van der Waals surface area contributed by atoms with Crippen LogP contribution in [0.1, 0.15) is 28.5 Å². The third kappa shape index (κ3) is 3.30. The molecule has 0 aliphatic heterocycles. The van der Waals surface area contributed by atoms with Crippen LogP contribution in [0, 0.1) is 24.1 Å². The van der Waals surface area contributed by atoms with E-state index in [2.05, 4.69) is 15.3 Å². The number of nitrogens with one attached hydrogen (secondary N) is 1. The fraction of sp³-hybridized carbons (Fsp3) is 0.158. The summed E-state index contributed by atoms with van der Waals surface area (Å²) in [5, 5.41) is 12.7. The van der Waals surface area contributed by atoms with E-state index in [0.29, 0.717) is 22.4 Å². The summed E-state index contributed by atoms with van der Waals surface area (Å²) in [7, 11) is 0. The second kappa shape index (κ2) is 7.15. The Kier molecular flexibility index (Phi) is 4.76. The maximum absolute atomic E-state index is 13.6. The van der Waals surface area contributed by atoms with Crippen molar-refractivity contribution in [3.8, 4) is 6.07 Å². The zero-order valence-corrected chi connectivity index (χ0v) is 14.2. The van der Waals surface area contributed by atoms with Gasteiger partial charge in [-0.3, -0.25) is 0 Å². The molecule has 130 valence electrons. The zero-order chi connectivity index (χ0) is 18.7. The van der Waals surface area contributed by atoms with Crippen molar-refractivity contribution in [2.45, 2.75) is 13.8 Å². The van der Waals surface area contributed by atoms with Gasteiger partial charge in [0.2, 0.25) is 0 Å². The minimum absolute atomic E-state index is 0.0972. The van der Waals surface area contributed by atoms with Crippen LogP contribution >= 0.6 is 0 Å². The van der Waals surface area contributed by atoms with E-state index in [0.717, 1.165) is 5.69 Å². The predicted molar refractivity (Wildman–Crippen MR) is 94.6 cm³/mol. The summed E-state index contributed by atoms with van der Waals surface area (Å²) >= 11 is 0. The van der Waals surface area contributed by atoms with Crippen molar-refractivity contribution >= 4 is 28.4 Å². The first-order valence-electron chi connectivity index (χ1n) is 7.93. The fourth-order valence-electron chi connectivity index (χ4n) is 2.50. The van der Waals surface area contributed by atoms with Gasteiger partial charge in [-0.15, -0.1) is 0 Å². The van der Waals surface area contributed by atoms with E-state index in [9.17, 15) is 9.18 Å². The Labute approximate surface area is 149 Å². The number of rotatable bonds is 4. The molecule has 0 saturated heterocycles. The number of hydrogen-bond acceptors (Lipinski definition) is 6. The Hall–Kier alpha value is -3.53. The van der Waals surface area contributed by atoms with Crippen LogP contribution in [0.25, 0.3) is 11.0 Å². The second-order valence-corrected chi connectivity index (χ2v) is 5.52. The average molecular weight is 350 g/mol. The normalized spacial score (nSPS) is 10.4. The largest absolute Gasteiger partial charge is 0.462 e. The Morgan fingerprint density at radius 2 is 2.15 bits per heavy atom. The van der Waals surface area contributed by atoms with Gasteiger partial charge >= 0.3 is 5.97 Å². The lowest BCUT2D eigenvalue weighted by Gasteiger charge is -2.14. The number of hydrogen-bond donors (Lipinski definition) is 1. The molecule has 2 aromatic heterocycles. The Morgan fingerprint density at radius 1 is 1.35 bits per heavy atom. The Morgan fingerprint density at radius 3 is 2.88 bits per heavy atom. The summed E-state index contributed by atoms with van der Waals surface area (Å²) in [5.74, 6) is -1.15. The number of anilines is 2. The standard InChI is InChI=1S/C19H15FN4O2/c1-3-26-19(25)15-10-22-18-14(6-4-11(2)23-18)17(15)24-13-5-7-16(20)12(8-13)9-21/h4-8,10H,3H2,1-2H3,(H,22,23,24). The summed E-state index contributed by atoms with van der Waals surface area (Å²) in [6, 6.07) is 9.44. The molecular weight excluding hydrogens is 335 g/mol. The van der Waals surface area contributed by atoms with Crippen LogP contribution in [0.15, 0.2) is 36.5 Å². The summed E-state index contributed by atoms with van der Waals surface area (Å²) in [6.07, 6.45) is 1.39. The van der Waals surface area contributed by atoms with E-state index in [4.69, 9.17) is 10.00 Å². The van der Waals surface area contributed by atoms with Gasteiger partial charge < -0.3 is 10.1 Å². The molecular formula is C19H15FN4O2. The second-order valence-electron chi connectivity index (χ2n) is 5.52. The van der Waals surface area contributed by atoms with Crippen molar-refractivity contribution in [2.75, 3.05) is 11.9 Å². The van der Waals surface area contributed by atoms with Crippen molar-refractivity contribution in [1.82, 2.24) is 9.97 Å². The number of aromatic nitrogens is 2. The van der Waals surface area contributed by atoms with E-state index in [1.54, 1.807) is 25.1 Å². The molecule has 1 N–H and O–H groups in total. The zero-order valence-electron chi connectivity index (χ0n) is 14.2. The first-order chi connectivity index (χ1) is 12.5. The van der Waals surface area contributed by atoms with Gasteiger partial charge in [-0.25, -0.2) is 19.2 Å². The van der Waals surface area contributed by atoms with Gasteiger partial charge in [0, 0.05) is 23.0 Å². The molecule has 0 spiro atoms. The number of nitrogens with zero attached hydrogens (tertiary/aromatic N) is 3. The summed E-state index contributed by atoms with van der Waals surface area (Å²) in [4.78, 5) is 20.9. The molecule has 0 bridgehead atoms. The Balaban J connectivity index is 2.16. The van der Waals surface area contributed by atoms with E-state index in [1.165, 1.54) is 24.4 Å². The average Bonchev–Trinajstić information content (AvgIpc) is 2.63. The fourth-order valence-corrected chi connectivity index (χ4v) is 2.50. The molecule has 7 heteroatoms. The minimum atomic E-state index is -0.611. The van der Waals surface area contributed by atoms with Crippen LogP contribution in [0.3, 0.4) is 0 Å². The van der Waals surface area contributed by atoms with Crippen LogP contribution in [0.5, 0.6) is 0 Å². The van der Waals surface area contributed by atoms with Gasteiger partial charge in [-0.1, -0.05) is 0 Å². The first-order valence-corrected chi connectivity index (χ1v) is 7.93. The molecule has 0 fully saturated rings. The van der Waals surface area contributed by atoms with Gasteiger partial charge in [0.1, 0.15) is 17.4 Å². The molecule has 0 saturated carbocycles. The molecule has 0 aliphatic rings. The van der Waals surface area contributed by atoms with Crippen molar-refractivity contribution < 1.29 is 13.9 Å². The van der Waals surface area contributed by atoms with Crippen LogP contribution < -0.4 is 5.32 Å². The highest BCUT2D eigenvalue weighted by Gasteiger charge is 2.18. The van der Waals surface area contributed by atoms with Crippen molar-refractivity contribution in [2.24, 2.45) is 0 Å². The maximum Gasteiger partial charge on any atom is 0.341 e. The van der Waals surface area contributed by atoms with E-state index < -0.39 is 11.8 Å². The van der Waals surface area contributed by atoms with E-state index in [-0.39, 0.29) is 17.7 Å². The SMILES string of the molecule is CCOC(=O)c1cnc2nc(C)ccc2c1Nc1ccc(F)c(C#N)c1. The highest BCUT2D eigenvalue weighted by atomic mass is 19.1. The highest BCUT2D eigenvalue weighted by molar-refractivity contribution is 6.05. The van der Waals surface area contributed by atoms with Crippen LogP contribution in [-0.4, -0.2) is 22.5 Å². The summed E-state index contributed by atoms with van der Waals surface area (Å²) in [6.45, 7) is 3.77. The van der Waals surface area contributed by atoms with Crippen molar-refractivity contribution in [1.29, 1.82) is 5.26 Å². The number of benzene rings is 1. The first kappa shape index (κ1) is 17.3. The minimum Gasteiger partial charge on any atom is -0.462 e. The molecule has 0 radical (unpaired) electrons. The molecule has 2 heterocycles. The highest BCUT2D eigenvalue weighted by Crippen LogP contribution is 2.30. The number of carbonyl (C=O) groups excluding carboxylic acids is 1. The van der Waals surface area contributed by atoms with E-state index in [1.807, 2.05) is 6.92 Å². The third-order valence-corrected chi connectivity index (χ3v) is 3.72. The number of aryl methyl sites for hydroxylation is 1. The molecule has 6 nitrogen and oxygen atoms in total. The molecule has 3 rings (SSSR count). The Bertz CT molecular complexity index is 1040. The number of esters is 1. The van der Waals surface area contributed by atoms with Crippen LogP contribution in [-0.2, 0) is 4.74 Å². The molecule has 26 heavy (non-hydrogen) atoms. The van der Waals surface area contributed by atoms with Crippen LogP contribution in [0.4, 0.5) is 15.8 Å². The van der Waals surface area contributed by atoms with Gasteiger partial charge in [0.15, 0.2) is 5.65 Å². The number of pyridine rings is 2. The molecule has 0 unspecified atom stereocenters. The number of fused-ring (bicyclic) bond motifs is 1. The lowest BCUT2D eigenvalue weighted by molar-refractivity contribution is 0.0527. The number of nitriles is 1. The predicted octanol–water partition coefficient (Wildman–Crippen LogP) is 3.87. The lowest BCUT2D eigenvalue weighted by atomic mass is 10.1. The summed E-state index contributed by atoms with van der Waals surface area (Å²) < 4.78 is 18.7. The molecule has 0 amide bonds. The molecule has 1 aromatic carbocycles. The van der Waals surface area contributed by atoms with Gasteiger partial charge in [-0.2, -0.15) is 5.26 Å². The topological polar surface area (TPSA) is 87.9 Å². The van der Waals surface area contributed by atoms with Gasteiger partial charge in [0.05, 0.1) is 17.9 Å². The number of carbonyl (C=O) groups is 1. The van der Waals surface area contributed by atoms with Crippen molar-refractivity contribution in [3.05, 3.63) is 59.2 Å². The van der Waals surface area contributed by atoms with Crippen molar-refractivity contribution in [3.63, 3.8) is 0 Å². The van der Waals surface area contributed by atoms with Gasteiger partial charge in [0.25, 0.3) is 0 Å². The number of halogens is 1. The quantitative estimate of drug-likeness (QED) is 0.719. The van der Waals surface area contributed by atoms with Gasteiger partial charge in [-0.05, 0) is 44.2 Å². The van der Waals surface area contributed by atoms with Crippen LogP contribution in [0.2, 0.25) is 0 Å². The molecule has 3 aromatic rings. The monoisotopic (exact) mass is 350 g/mol. The smallest absolute Gasteiger partial charge is 0.341 e. The molecule has 0 aliphatic carbocycles. The maximum atomic E-state index is 13.6. The lowest BCUT2D eigenvalue weighted by Crippen LogP contribution is -2.10. The van der Waals surface area contributed by atoms with E-state index >= 15 is 0 Å².